The molecule has 0 spiro atoms. The van der Waals surface area contributed by atoms with E-state index in [9.17, 15) is 0 Å². The van der Waals surface area contributed by atoms with Crippen LogP contribution >= 0.6 is 0 Å². The van der Waals surface area contributed by atoms with Gasteiger partial charge in [-0.2, -0.15) is 0 Å². The first-order valence-corrected chi connectivity index (χ1v) is 7.00. The smallest absolute Gasteiger partial charge is 0.0452 e. The van der Waals surface area contributed by atoms with Gasteiger partial charge in [-0.25, -0.2) is 0 Å². The van der Waals surface area contributed by atoms with E-state index in [1.165, 1.54) is 33.2 Å². The van der Waals surface area contributed by atoms with Gasteiger partial charge in [0, 0.05) is 18.1 Å². The average molecular weight is 241 g/mol. The molecule has 0 amide bonds. The van der Waals surface area contributed by atoms with E-state index < -0.39 is 0 Å². The number of rotatable bonds is 4. The summed E-state index contributed by atoms with van der Waals surface area (Å²) in [4.78, 5) is 0. The molecule has 0 aliphatic rings. The second-order valence-corrected chi connectivity index (χ2v) is 4.71. The minimum atomic E-state index is 1.08. The van der Waals surface area contributed by atoms with Gasteiger partial charge in [0.05, 0.1) is 0 Å². The van der Waals surface area contributed by atoms with Crippen LogP contribution in [0.2, 0.25) is 0 Å². The lowest BCUT2D eigenvalue weighted by molar-refractivity contribution is 1.05. The van der Waals surface area contributed by atoms with Crippen LogP contribution in [0, 0.1) is 0 Å². The molecule has 0 atom stereocenters. The predicted octanol–water partition coefficient (Wildman–Crippen LogP) is 4.57. The van der Waals surface area contributed by atoms with Gasteiger partial charge in [-0.1, -0.05) is 45.0 Å². The standard InChI is InChI=1S/C17H23N/c1-5-12-8-10-14-11-9-13(6-2)17(18-4)16(14)15(12)7-3/h8-11,18H,5-7H2,1-4H3. The van der Waals surface area contributed by atoms with Crippen LogP contribution in [0.5, 0.6) is 0 Å². The molecule has 0 radical (unpaired) electrons. The van der Waals surface area contributed by atoms with Crippen LogP contribution in [0.25, 0.3) is 10.8 Å². The largest absolute Gasteiger partial charge is 0.387 e. The summed E-state index contributed by atoms with van der Waals surface area (Å²) in [7, 11) is 2.03. The lowest BCUT2D eigenvalue weighted by Crippen LogP contribution is -2.00. The number of anilines is 1. The van der Waals surface area contributed by atoms with Gasteiger partial charge in [0.1, 0.15) is 0 Å². The highest BCUT2D eigenvalue weighted by atomic mass is 14.8. The zero-order chi connectivity index (χ0) is 13.1. The van der Waals surface area contributed by atoms with Gasteiger partial charge < -0.3 is 5.32 Å². The maximum Gasteiger partial charge on any atom is 0.0452 e. The maximum atomic E-state index is 3.42. The molecule has 2 rings (SSSR count). The Balaban J connectivity index is 2.87. The first-order chi connectivity index (χ1) is 8.76. The number of benzene rings is 2. The summed E-state index contributed by atoms with van der Waals surface area (Å²) in [5, 5.41) is 6.20. The molecule has 0 bridgehead atoms. The quantitative estimate of drug-likeness (QED) is 0.827. The normalized spacial score (nSPS) is 10.9. The van der Waals surface area contributed by atoms with E-state index in [4.69, 9.17) is 0 Å². The van der Waals surface area contributed by atoms with E-state index >= 15 is 0 Å². The van der Waals surface area contributed by atoms with Crippen molar-refractivity contribution >= 4 is 16.5 Å². The fourth-order valence-corrected chi connectivity index (χ4v) is 2.89. The summed E-state index contributed by atoms with van der Waals surface area (Å²) in [6.45, 7) is 6.71. The third-order valence-electron chi connectivity index (χ3n) is 3.84. The Kier molecular flexibility index (Phi) is 3.90. The highest BCUT2D eigenvalue weighted by Crippen LogP contribution is 2.33. The Morgan fingerprint density at radius 2 is 1.44 bits per heavy atom. The van der Waals surface area contributed by atoms with Crippen LogP contribution in [0.15, 0.2) is 24.3 Å². The number of aryl methyl sites for hydroxylation is 3. The lowest BCUT2D eigenvalue weighted by Gasteiger charge is -2.17. The maximum absolute atomic E-state index is 3.42. The number of hydrogen-bond acceptors (Lipinski definition) is 1. The van der Waals surface area contributed by atoms with Crippen LogP contribution in [0.4, 0.5) is 5.69 Å². The topological polar surface area (TPSA) is 12.0 Å². The average Bonchev–Trinajstić information content (AvgIpc) is 2.44. The molecule has 18 heavy (non-hydrogen) atoms. The van der Waals surface area contributed by atoms with Gasteiger partial charge in [-0.15, -0.1) is 0 Å². The van der Waals surface area contributed by atoms with Crippen molar-refractivity contribution in [1.82, 2.24) is 0 Å². The van der Waals surface area contributed by atoms with Crippen molar-refractivity contribution in [2.45, 2.75) is 40.0 Å². The molecule has 0 unspecified atom stereocenters. The predicted molar refractivity (Wildman–Crippen MR) is 81.6 cm³/mol. The van der Waals surface area contributed by atoms with E-state index in [1.807, 2.05) is 7.05 Å². The Morgan fingerprint density at radius 3 is 1.94 bits per heavy atom. The Hall–Kier alpha value is -1.50. The van der Waals surface area contributed by atoms with Crippen molar-refractivity contribution in [2.75, 3.05) is 12.4 Å². The van der Waals surface area contributed by atoms with E-state index in [0.29, 0.717) is 0 Å². The van der Waals surface area contributed by atoms with E-state index in [-0.39, 0.29) is 0 Å². The second kappa shape index (κ2) is 5.43. The summed E-state index contributed by atoms with van der Waals surface area (Å²) in [5.74, 6) is 0. The van der Waals surface area contributed by atoms with E-state index in [2.05, 4.69) is 50.4 Å². The fourth-order valence-electron chi connectivity index (χ4n) is 2.89. The minimum absolute atomic E-state index is 1.08. The number of fused-ring (bicyclic) bond motifs is 1. The van der Waals surface area contributed by atoms with Crippen LogP contribution in [-0.2, 0) is 19.3 Å². The minimum Gasteiger partial charge on any atom is -0.387 e. The molecule has 1 heteroatoms. The molecular weight excluding hydrogens is 218 g/mol. The molecule has 2 aromatic carbocycles. The van der Waals surface area contributed by atoms with Crippen LogP contribution < -0.4 is 5.32 Å². The Bertz CT molecular complexity index is 508. The molecule has 0 aliphatic carbocycles. The Morgan fingerprint density at radius 1 is 0.833 bits per heavy atom. The lowest BCUT2D eigenvalue weighted by atomic mass is 9.92. The van der Waals surface area contributed by atoms with E-state index in [1.54, 1.807) is 0 Å². The van der Waals surface area contributed by atoms with Crippen molar-refractivity contribution in [1.29, 1.82) is 0 Å². The second-order valence-electron chi connectivity index (χ2n) is 4.71. The zero-order valence-corrected chi connectivity index (χ0v) is 11.9. The van der Waals surface area contributed by atoms with Crippen molar-refractivity contribution < 1.29 is 0 Å². The van der Waals surface area contributed by atoms with Crippen LogP contribution in [0.3, 0.4) is 0 Å². The summed E-state index contributed by atoms with van der Waals surface area (Å²) >= 11 is 0. The third-order valence-corrected chi connectivity index (χ3v) is 3.84. The van der Waals surface area contributed by atoms with Gasteiger partial charge in [-0.05, 0) is 41.3 Å². The molecule has 1 N–H and O–H groups in total. The van der Waals surface area contributed by atoms with Crippen LogP contribution in [0.1, 0.15) is 37.5 Å². The summed E-state index contributed by atoms with van der Waals surface area (Å²) in [5.41, 5.74) is 5.72. The monoisotopic (exact) mass is 241 g/mol. The van der Waals surface area contributed by atoms with Crippen molar-refractivity contribution in [2.24, 2.45) is 0 Å². The highest BCUT2D eigenvalue weighted by molar-refractivity contribution is 5.98. The molecular formula is C17H23N. The molecule has 2 aromatic rings. The summed E-state index contributed by atoms with van der Waals surface area (Å²) in [6.07, 6.45) is 3.28. The van der Waals surface area contributed by atoms with Gasteiger partial charge in [-0.3, -0.25) is 0 Å². The Labute approximate surface area is 110 Å². The SMILES string of the molecule is CCc1ccc2ccc(CC)c(NC)c2c1CC. The molecule has 0 aliphatic heterocycles. The van der Waals surface area contributed by atoms with Gasteiger partial charge in [0.15, 0.2) is 0 Å². The molecule has 1 nitrogen and oxygen atoms in total. The molecule has 0 saturated heterocycles. The van der Waals surface area contributed by atoms with Crippen molar-refractivity contribution in [3.05, 3.63) is 41.0 Å². The van der Waals surface area contributed by atoms with Crippen molar-refractivity contribution in [3.63, 3.8) is 0 Å². The fraction of sp³-hybridized carbons (Fsp3) is 0.412. The van der Waals surface area contributed by atoms with Gasteiger partial charge in [0.25, 0.3) is 0 Å². The van der Waals surface area contributed by atoms with Gasteiger partial charge >= 0.3 is 0 Å². The molecule has 0 fully saturated rings. The van der Waals surface area contributed by atoms with Crippen LogP contribution in [-0.4, -0.2) is 7.05 Å². The first-order valence-electron chi connectivity index (χ1n) is 7.00. The number of hydrogen-bond donors (Lipinski definition) is 1. The zero-order valence-electron chi connectivity index (χ0n) is 11.9. The van der Waals surface area contributed by atoms with Gasteiger partial charge in [0.2, 0.25) is 0 Å². The third kappa shape index (κ3) is 1.98. The molecule has 0 saturated carbocycles. The van der Waals surface area contributed by atoms with Crippen molar-refractivity contribution in [3.8, 4) is 0 Å². The molecule has 0 heterocycles. The van der Waals surface area contributed by atoms with E-state index in [0.717, 1.165) is 19.3 Å². The summed E-state index contributed by atoms with van der Waals surface area (Å²) in [6, 6.07) is 9.05. The summed E-state index contributed by atoms with van der Waals surface area (Å²) < 4.78 is 0. The first kappa shape index (κ1) is 12.9. The highest BCUT2D eigenvalue weighted by Gasteiger charge is 2.11. The molecule has 96 valence electrons. The number of nitrogens with one attached hydrogen (secondary N) is 1. The molecule has 0 aromatic heterocycles.